The van der Waals surface area contributed by atoms with Gasteiger partial charge in [-0.2, -0.15) is 0 Å². The fourth-order valence-corrected chi connectivity index (χ4v) is 9.82. The maximum atomic E-state index is 13.8. The van der Waals surface area contributed by atoms with Gasteiger partial charge in [0.2, 0.25) is 11.8 Å². The Labute approximate surface area is 260 Å². The summed E-state index contributed by atoms with van der Waals surface area (Å²) < 4.78 is 3.11. The SMILES string of the molecule is CCc1cccc(CC)c1-n1c(CNC(=O)C23CC4CC(CC(C4)C2)C3)nnc1SCC(=O)Nc1nc2ccccc2s1. The highest BCUT2D eigenvalue weighted by Gasteiger charge is 2.54. The van der Waals surface area contributed by atoms with Gasteiger partial charge in [-0.3, -0.25) is 14.2 Å². The van der Waals surface area contributed by atoms with Crippen molar-refractivity contribution >= 4 is 50.3 Å². The number of amides is 2. The molecular weight excluding hydrogens is 577 g/mol. The normalized spacial score (nSPS) is 24.0. The zero-order valence-electron chi connectivity index (χ0n) is 24.8. The first-order valence-corrected chi connectivity index (χ1v) is 17.4. The second kappa shape index (κ2) is 11.7. The standard InChI is InChI=1S/C33H38N6O2S2/c1-3-23-8-7-9-24(4-2)29(23)39-27(18-34-30(41)33-15-20-12-21(16-33)14-22(13-20)17-33)37-38-32(39)42-19-28(40)36-31-35-25-10-5-6-11-26(25)43-31/h5-11,20-22H,3-4,12-19H2,1-2H3,(H,34,41)(H,35,36,40). The molecule has 0 atom stereocenters. The molecule has 4 aromatic rings. The largest absolute Gasteiger partial charge is 0.348 e. The molecule has 0 unspecified atom stereocenters. The number of hydrogen-bond donors (Lipinski definition) is 2. The van der Waals surface area contributed by atoms with E-state index in [1.165, 1.54) is 53.5 Å². The summed E-state index contributed by atoms with van der Waals surface area (Å²) in [4.78, 5) is 31.3. The minimum absolute atomic E-state index is 0.144. The average molecular weight is 615 g/mol. The first-order valence-electron chi connectivity index (χ1n) is 15.6. The fourth-order valence-electron chi connectivity index (χ4n) is 8.18. The smallest absolute Gasteiger partial charge is 0.236 e. The molecule has 0 spiro atoms. The monoisotopic (exact) mass is 614 g/mol. The predicted octanol–water partition coefficient (Wildman–Crippen LogP) is 6.57. The van der Waals surface area contributed by atoms with Crippen molar-refractivity contribution in [1.82, 2.24) is 25.1 Å². The highest BCUT2D eigenvalue weighted by atomic mass is 32.2. The Kier molecular flexibility index (Phi) is 7.75. The molecule has 2 aromatic heterocycles. The predicted molar refractivity (Wildman–Crippen MR) is 172 cm³/mol. The van der Waals surface area contributed by atoms with Gasteiger partial charge in [0.25, 0.3) is 0 Å². The molecule has 4 bridgehead atoms. The number of aromatic nitrogens is 4. The molecule has 0 aliphatic heterocycles. The van der Waals surface area contributed by atoms with Crippen LogP contribution < -0.4 is 10.6 Å². The molecule has 2 N–H and O–H groups in total. The molecule has 0 saturated heterocycles. The number of aryl methyl sites for hydroxylation is 2. The Morgan fingerprint density at radius 2 is 1.63 bits per heavy atom. The minimum Gasteiger partial charge on any atom is -0.348 e. The maximum absolute atomic E-state index is 13.8. The molecule has 10 heteroatoms. The Morgan fingerprint density at radius 3 is 2.28 bits per heavy atom. The van der Waals surface area contributed by atoms with E-state index in [1.807, 2.05) is 24.3 Å². The van der Waals surface area contributed by atoms with Crippen LogP contribution >= 0.6 is 23.1 Å². The number of anilines is 1. The summed E-state index contributed by atoms with van der Waals surface area (Å²) in [6.45, 7) is 4.61. The summed E-state index contributed by atoms with van der Waals surface area (Å²) in [5.74, 6) is 3.04. The number of rotatable bonds is 10. The Hall–Kier alpha value is -3.24. The lowest BCUT2D eigenvalue weighted by atomic mass is 9.49. The number of fused-ring (bicyclic) bond motifs is 1. The van der Waals surface area contributed by atoms with E-state index in [4.69, 9.17) is 0 Å². The van der Waals surface area contributed by atoms with Crippen molar-refractivity contribution in [2.45, 2.75) is 76.9 Å². The summed E-state index contributed by atoms with van der Waals surface area (Å²) in [6.07, 6.45) is 8.71. The summed E-state index contributed by atoms with van der Waals surface area (Å²) in [7, 11) is 0. The highest BCUT2D eigenvalue weighted by Crippen LogP contribution is 2.60. The highest BCUT2D eigenvalue weighted by molar-refractivity contribution is 7.99. The molecule has 4 aliphatic carbocycles. The first kappa shape index (κ1) is 28.5. The Balaban J connectivity index is 1.12. The van der Waals surface area contributed by atoms with Crippen molar-refractivity contribution in [3.63, 3.8) is 0 Å². The molecule has 4 fully saturated rings. The van der Waals surface area contributed by atoms with Gasteiger partial charge in [-0.15, -0.1) is 10.2 Å². The number of thioether (sulfide) groups is 1. The van der Waals surface area contributed by atoms with Gasteiger partial charge >= 0.3 is 0 Å². The van der Waals surface area contributed by atoms with E-state index in [0.29, 0.717) is 40.4 Å². The van der Waals surface area contributed by atoms with Gasteiger partial charge in [-0.05, 0) is 92.4 Å². The average Bonchev–Trinajstić information content (AvgIpc) is 3.60. The maximum Gasteiger partial charge on any atom is 0.236 e. The van der Waals surface area contributed by atoms with Crippen molar-refractivity contribution in [3.05, 3.63) is 59.4 Å². The number of thiazole rings is 1. The molecule has 4 aliphatic rings. The molecule has 2 heterocycles. The van der Waals surface area contributed by atoms with E-state index < -0.39 is 0 Å². The molecule has 8 rings (SSSR count). The summed E-state index contributed by atoms with van der Waals surface area (Å²) in [5.41, 5.74) is 4.10. The van der Waals surface area contributed by atoms with E-state index in [-0.39, 0.29) is 23.0 Å². The van der Waals surface area contributed by atoms with Crippen molar-refractivity contribution < 1.29 is 9.59 Å². The van der Waals surface area contributed by atoms with Crippen LogP contribution in [0.15, 0.2) is 47.6 Å². The first-order chi connectivity index (χ1) is 20.9. The lowest BCUT2D eigenvalue weighted by molar-refractivity contribution is -0.146. The lowest BCUT2D eigenvalue weighted by Gasteiger charge is -2.55. The molecule has 2 amide bonds. The van der Waals surface area contributed by atoms with Crippen LogP contribution in [0.25, 0.3) is 15.9 Å². The second-order valence-corrected chi connectivity index (χ2v) is 14.5. The van der Waals surface area contributed by atoms with Crippen molar-refractivity contribution in [3.8, 4) is 5.69 Å². The lowest BCUT2D eigenvalue weighted by Crippen LogP contribution is -2.53. The molecule has 4 saturated carbocycles. The second-order valence-electron chi connectivity index (χ2n) is 12.6. The van der Waals surface area contributed by atoms with Crippen LogP contribution in [-0.2, 0) is 29.0 Å². The third-order valence-electron chi connectivity index (χ3n) is 9.69. The van der Waals surface area contributed by atoms with Gasteiger partial charge in [0.05, 0.1) is 28.2 Å². The number of para-hydroxylation sites is 2. The molecule has 43 heavy (non-hydrogen) atoms. The topological polar surface area (TPSA) is 102 Å². The van der Waals surface area contributed by atoms with E-state index in [1.54, 1.807) is 0 Å². The van der Waals surface area contributed by atoms with E-state index in [2.05, 4.69) is 62.4 Å². The quantitative estimate of drug-likeness (QED) is 0.196. The molecule has 2 aromatic carbocycles. The number of benzene rings is 2. The van der Waals surface area contributed by atoms with Gasteiger partial charge in [0.15, 0.2) is 16.1 Å². The van der Waals surface area contributed by atoms with Crippen LogP contribution in [0.1, 0.15) is 69.3 Å². The van der Waals surface area contributed by atoms with Crippen LogP contribution in [0.3, 0.4) is 0 Å². The van der Waals surface area contributed by atoms with Crippen LogP contribution in [0.2, 0.25) is 0 Å². The van der Waals surface area contributed by atoms with Crippen LogP contribution in [0, 0.1) is 23.2 Å². The van der Waals surface area contributed by atoms with Crippen molar-refractivity contribution in [2.75, 3.05) is 11.1 Å². The summed E-state index contributed by atoms with van der Waals surface area (Å²) in [6, 6.07) is 14.2. The van der Waals surface area contributed by atoms with Crippen molar-refractivity contribution in [1.29, 1.82) is 0 Å². The zero-order chi connectivity index (χ0) is 29.6. The van der Waals surface area contributed by atoms with Crippen LogP contribution in [0.5, 0.6) is 0 Å². The minimum atomic E-state index is -0.216. The van der Waals surface area contributed by atoms with Gasteiger partial charge in [0, 0.05) is 5.41 Å². The summed E-state index contributed by atoms with van der Waals surface area (Å²) in [5, 5.41) is 16.6. The van der Waals surface area contributed by atoms with Gasteiger partial charge < -0.3 is 10.6 Å². The van der Waals surface area contributed by atoms with Crippen LogP contribution in [0.4, 0.5) is 5.13 Å². The number of nitrogens with zero attached hydrogens (tertiary/aromatic N) is 4. The molecule has 224 valence electrons. The number of nitrogens with one attached hydrogen (secondary N) is 2. The van der Waals surface area contributed by atoms with Gasteiger partial charge in [0.1, 0.15) is 0 Å². The molecule has 8 nitrogen and oxygen atoms in total. The third-order valence-corrected chi connectivity index (χ3v) is 11.6. The zero-order valence-corrected chi connectivity index (χ0v) is 26.4. The molecule has 0 radical (unpaired) electrons. The third kappa shape index (κ3) is 5.48. The van der Waals surface area contributed by atoms with E-state index in [9.17, 15) is 9.59 Å². The summed E-state index contributed by atoms with van der Waals surface area (Å²) >= 11 is 2.82. The Morgan fingerprint density at radius 1 is 0.953 bits per heavy atom. The molecular formula is C33H38N6O2S2. The van der Waals surface area contributed by atoms with E-state index >= 15 is 0 Å². The number of carbonyl (C=O) groups is 2. The van der Waals surface area contributed by atoms with E-state index in [0.717, 1.165) is 48.0 Å². The van der Waals surface area contributed by atoms with Crippen LogP contribution in [-0.4, -0.2) is 37.3 Å². The number of hydrogen-bond acceptors (Lipinski definition) is 7. The number of carbonyl (C=O) groups excluding carboxylic acids is 2. The Bertz CT molecular complexity index is 1590. The van der Waals surface area contributed by atoms with Gasteiger partial charge in [-0.1, -0.05) is 67.3 Å². The van der Waals surface area contributed by atoms with Gasteiger partial charge in [-0.25, -0.2) is 4.98 Å². The van der Waals surface area contributed by atoms with Crippen molar-refractivity contribution in [2.24, 2.45) is 23.2 Å². The fraction of sp³-hybridized carbons (Fsp3) is 0.485.